The van der Waals surface area contributed by atoms with Crippen LogP contribution in [0.4, 0.5) is 16.0 Å². The van der Waals surface area contributed by atoms with Crippen LogP contribution in [0.2, 0.25) is 5.28 Å². The largest absolute Gasteiger partial charge is 0.348 e. The molecule has 0 radical (unpaired) electrons. The van der Waals surface area contributed by atoms with Crippen molar-refractivity contribution >= 4 is 35.6 Å². The molecule has 10 nitrogen and oxygen atoms in total. The molecule has 2 amide bonds. The van der Waals surface area contributed by atoms with Gasteiger partial charge in [-0.1, -0.05) is 25.7 Å². The molecule has 1 saturated heterocycles. The van der Waals surface area contributed by atoms with Gasteiger partial charge in [0.15, 0.2) is 11.6 Å². The van der Waals surface area contributed by atoms with Gasteiger partial charge in [-0.3, -0.25) is 30.5 Å². The van der Waals surface area contributed by atoms with E-state index in [-0.39, 0.29) is 42.0 Å². The summed E-state index contributed by atoms with van der Waals surface area (Å²) < 4.78 is 15.3. The molecule has 3 unspecified atom stereocenters. The minimum Gasteiger partial charge on any atom is -0.348 e. The van der Waals surface area contributed by atoms with Crippen molar-refractivity contribution in [1.82, 2.24) is 25.4 Å². The highest BCUT2D eigenvalue weighted by Crippen LogP contribution is 2.31. The monoisotopic (exact) mass is 485 g/mol. The predicted octanol–water partition coefficient (Wildman–Crippen LogP) is 2.29. The maximum Gasteiger partial charge on any atom is 0.243 e. The number of aromatic nitrogens is 2. The van der Waals surface area contributed by atoms with Crippen molar-refractivity contribution in [2.75, 3.05) is 37.0 Å². The molecule has 2 fully saturated rings. The SMILES string of the molecule is CC1CN(c2nc(Cl)nc(NNC(=O)C(CC3CCCC3)CN(O)C=O)c2F)C(C)CN1C. The molecule has 1 saturated carbocycles. The lowest BCUT2D eigenvalue weighted by atomic mass is 9.92. The molecule has 12 heteroatoms. The standard InChI is InChI=1S/C21H33ClFN7O3/c1-13-10-30(14(2)9-28(13)3)19-17(23)18(24-21(22)25-19)26-27-20(32)16(11-29(33)12-31)8-15-6-4-5-7-15/h12-16,33H,4-11H2,1-3H3,(H,27,32)(H,24,25,26). The second-order valence-corrected chi connectivity index (χ2v) is 9.53. The van der Waals surface area contributed by atoms with Gasteiger partial charge in [0.05, 0.1) is 12.5 Å². The smallest absolute Gasteiger partial charge is 0.243 e. The molecule has 3 atom stereocenters. The quantitative estimate of drug-likeness (QED) is 0.211. The normalized spacial score (nSPS) is 22.8. The molecule has 1 aliphatic carbocycles. The van der Waals surface area contributed by atoms with Crippen LogP contribution in [0.5, 0.6) is 0 Å². The first kappa shape index (κ1) is 25.4. The van der Waals surface area contributed by atoms with E-state index in [1.807, 2.05) is 25.8 Å². The number of piperazine rings is 1. The average molecular weight is 486 g/mol. The minimum atomic E-state index is -0.715. The Bertz CT molecular complexity index is 842. The topological polar surface area (TPSA) is 114 Å². The van der Waals surface area contributed by atoms with Gasteiger partial charge < -0.3 is 4.90 Å². The second kappa shape index (κ2) is 11.3. The molecule has 0 bridgehead atoms. The number of halogens is 2. The number of hydroxylamine groups is 2. The van der Waals surface area contributed by atoms with E-state index in [0.29, 0.717) is 23.9 Å². The summed E-state index contributed by atoms with van der Waals surface area (Å²) in [6.07, 6.45) is 4.99. The summed E-state index contributed by atoms with van der Waals surface area (Å²) in [5.74, 6) is -1.67. The summed E-state index contributed by atoms with van der Waals surface area (Å²) in [7, 11) is 2.02. The molecule has 0 aromatic carbocycles. The number of nitrogens with zero attached hydrogens (tertiary/aromatic N) is 5. The Hall–Kier alpha value is -2.24. The molecule has 1 aromatic rings. The van der Waals surface area contributed by atoms with Crippen LogP contribution in [-0.2, 0) is 9.59 Å². The summed E-state index contributed by atoms with van der Waals surface area (Å²) in [5.41, 5.74) is 5.00. The molecular formula is C21H33ClFN7O3. The fourth-order valence-corrected chi connectivity index (χ4v) is 4.85. The Morgan fingerprint density at radius 3 is 2.67 bits per heavy atom. The van der Waals surface area contributed by atoms with Gasteiger partial charge in [0.1, 0.15) is 0 Å². The van der Waals surface area contributed by atoms with E-state index in [2.05, 4.69) is 25.7 Å². The Kier molecular flexibility index (Phi) is 8.66. The molecule has 184 valence electrons. The Labute approximate surface area is 198 Å². The fourth-order valence-electron chi connectivity index (χ4n) is 4.68. The number of nitrogens with one attached hydrogen (secondary N) is 2. The number of likely N-dealkylation sites (N-methyl/N-ethyl adjacent to an activating group) is 1. The lowest BCUT2D eigenvalue weighted by Gasteiger charge is -2.43. The van der Waals surface area contributed by atoms with Gasteiger partial charge in [0.25, 0.3) is 0 Å². The fraction of sp³-hybridized carbons (Fsp3) is 0.714. The van der Waals surface area contributed by atoms with Crippen LogP contribution >= 0.6 is 11.6 Å². The van der Waals surface area contributed by atoms with E-state index in [9.17, 15) is 14.8 Å². The maximum atomic E-state index is 15.3. The number of hydrogen-bond donors (Lipinski definition) is 3. The van der Waals surface area contributed by atoms with E-state index < -0.39 is 17.6 Å². The number of hydrogen-bond acceptors (Lipinski definition) is 8. The summed E-state index contributed by atoms with van der Waals surface area (Å²) in [5, 5.41) is 9.93. The van der Waals surface area contributed by atoms with Gasteiger partial charge in [-0.15, -0.1) is 0 Å². The molecule has 1 aliphatic heterocycles. The zero-order valence-corrected chi connectivity index (χ0v) is 20.1. The molecule has 33 heavy (non-hydrogen) atoms. The molecular weight excluding hydrogens is 453 g/mol. The molecule has 1 aromatic heterocycles. The van der Waals surface area contributed by atoms with E-state index in [4.69, 9.17) is 11.6 Å². The van der Waals surface area contributed by atoms with Crippen LogP contribution in [0.15, 0.2) is 0 Å². The van der Waals surface area contributed by atoms with Crippen molar-refractivity contribution in [3.63, 3.8) is 0 Å². The number of carbonyl (C=O) groups is 2. The Morgan fingerprint density at radius 2 is 2.00 bits per heavy atom. The summed E-state index contributed by atoms with van der Waals surface area (Å²) >= 11 is 6.08. The van der Waals surface area contributed by atoms with Gasteiger partial charge >= 0.3 is 0 Å². The first-order valence-corrected chi connectivity index (χ1v) is 11.7. The van der Waals surface area contributed by atoms with Crippen LogP contribution in [-0.4, -0.2) is 76.2 Å². The summed E-state index contributed by atoms with van der Waals surface area (Å²) in [6.45, 7) is 5.18. The first-order chi connectivity index (χ1) is 15.7. The number of rotatable bonds is 9. The van der Waals surface area contributed by atoms with E-state index in [1.165, 1.54) is 0 Å². The highest BCUT2D eigenvalue weighted by Gasteiger charge is 2.31. The second-order valence-electron chi connectivity index (χ2n) is 9.19. The van der Waals surface area contributed by atoms with Crippen molar-refractivity contribution in [2.24, 2.45) is 11.8 Å². The van der Waals surface area contributed by atoms with Gasteiger partial charge in [-0.25, -0.2) is 5.06 Å². The third-order valence-corrected chi connectivity index (χ3v) is 6.84. The molecule has 3 rings (SSSR count). The van der Waals surface area contributed by atoms with Gasteiger partial charge in [-0.2, -0.15) is 14.4 Å². The maximum absolute atomic E-state index is 15.3. The lowest BCUT2D eigenvalue weighted by molar-refractivity contribution is -0.154. The molecule has 2 aliphatic rings. The predicted molar refractivity (Wildman–Crippen MR) is 122 cm³/mol. The van der Waals surface area contributed by atoms with Crippen molar-refractivity contribution in [3.05, 3.63) is 11.1 Å². The Balaban J connectivity index is 1.72. The average Bonchev–Trinajstić information content (AvgIpc) is 3.29. The molecule has 0 spiro atoms. The summed E-state index contributed by atoms with van der Waals surface area (Å²) in [4.78, 5) is 35.7. The van der Waals surface area contributed by atoms with Crippen LogP contribution in [0.1, 0.15) is 46.0 Å². The Morgan fingerprint density at radius 1 is 1.30 bits per heavy atom. The van der Waals surface area contributed by atoms with Crippen molar-refractivity contribution in [2.45, 2.75) is 58.0 Å². The van der Waals surface area contributed by atoms with Crippen molar-refractivity contribution < 1.29 is 19.2 Å². The van der Waals surface area contributed by atoms with E-state index in [0.717, 1.165) is 32.2 Å². The zero-order chi connectivity index (χ0) is 24.1. The van der Waals surface area contributed by atoms with Gasteiger partial charge in [0.2, 0.25) is 23.4 Å². The summed E-state index contributed by atoms with van der Waals surface area (Å²) in [6, 6.07) is 0.199. The van der Waals surface area contributed by atoms with Crippen molar-refractivity contribution in [3.8, 4) is 0 Å². The highest BCUT2D eigenvalue weighted by atomic mass is 35.5. The number of amides is 2. The van der Waals surface area contributed by atoms with Gasteiger partial charge in [0, 0.05) is 25.2 Å². The third kappa shape index (κ3) is 6.42. The third-order valence-electron chi connectivity index (χ3n) is 6.67. The van der Waals surface area contributed by atoms with E-state index in [1.54, 1.807) is 0 Å². The van der Waals surface area contributed by atoms with Crippen LogP contribution in [0.25, 0.3) is 0 Å². The number of carbonyl (C=O) groups excluding carboxylic acids is 2. The zero-order valence-electron chi connectivity index (χ0n) is 19.3. The van der Waals surface area contributed by atoms with Crippen LogP contribution < -0.4 is 15.8 Å². The van der Waals surface area contributed by atoms with E-state index >= 15 is 4.39 Å². The molecule has 3 N–H and O–H groups in total. The lowest BCUT2D eigenvalue weighted by Crippen LogP contribution is -2.55. The minimum absolute atomic E-state index is 0.00350. The van der Waals surface area contributed by atoms with Gasteiger partial charge in [-0.05, 0) is 44.8 Å². The number of anilines is 2. The van der Waals surface area contributed by atoms with Crippen LogP contribution in [0, 0.1) is 17.7 Å². The first-order valence-electron chi connectivity index (χ1n) is 11.4. The van der Waals surface area contributed by atoms with Crippen LogP contribution in [0.3, 0.4) is 0 Å². The van der Waals surface area contributed by atoms with Crippen molar-refractivity contribution in [1.29, 1.82) is 0 Å². The highest BCUT2D eigenvalue weighted by molar-refractivity contribution is 6.28. The number of hydrazine groups is 1. The molecule has 2 heterocycles.